The van der Waals surface area contributed by atoms with E-state index in [0.29, 0.717) is 5.56 Å². The van der Waals surface area contributed by atoms with E-state index in [9.17, 15) is 4.39 Å². The standard InChI is InChI=1S/C16H14BrFO/c17-14-6-4-13(16(18)9-14)10-19-15-7-5-11-2-1-3-12(11)8-15/h4-9H,1-3,10H2. The highest BCUT2D eigenvalue weighted by molar-refractivity contribution is 9.10. The van der Waals surface area contributed by atoms with Crippen molar-refractivity contribution >= 4 is 15.9 Å². The predicted octanol–water partition coefficient (Wildman–Crippen LogP) is 4.66. The lowest BCUT2D eigenvalue weighted by Crippen LogP contribution is -1.99. The summed E-state index contributed by atoms with van der Waals surface area (Å²) in [6.07, 6.45) is 3.51. The van der Waals surface area contributed by atoms with Crippen LogP contribution in [0.25, 0.3) is 0 Å². The number of benzene rings is 2. The van der Waals surface area contributed by atoms with Crippen molar-refractivity contribution < 1.29 is 9.13 Å². The Morgan fingerprint density at radius 2 is 1.89 bits per heavy atom. The fourth-order valence-corrected chi connectivity index (χ4v) is 2.77. The molecule has 0 saturated heterocycles. The van der Waals surface area contributed by atoms with Crippen LogP contribution in [-0.2, 0) is 19.4 Å². The van der Waals surface area contributed by atoms with E-state index in [1.807, 2.05) is 12.1 Å². The Labute approximate surface area is 120 Å². The quantitative estimate of drug-likeness (QED) is 0.799. The largest absolute Gasteiger partial charge is 0.489 e. The zero-order valence-corrected chi connectivity index (χ0v) is 12.0. The van der Waals surface area contributed by atoms with Gasteiger partial charge < -0.3 is 4.74 Å². The summed E-state index contributed by atoms with van der Waals surface area (Å²) in [5.41, 5.74) is 3.36. The molecule has 0 aromatic heterocycles. The van der Waals surface area contributed by atoms with Crippen molar-refractivity contribution in [3.05, 3.63) is 63.4 Å². The van der Waals surface area contributed by atoms with Gasteiger partial charge in [-0.1, -0.05) is 28.1 Å². The molecule has 19 heavy (non-hydrogen) atoms. The van der Waals surface area contributed by atoms with Gasteiger partial charge in [0.25, 0.3) is 0 Å². The predicted molar refractivity (Wildman–Crippen MR) is 76.9 cm³/mol. The van der Waals surface area contributed by atoms with Gasteiger partial charge in [-0.2, -0.15) is 0 Å². The molecule has 0 saturated carbocycles. The van der Waals surface area contributed by atoms with Gasteiger partial charge in [-0.05, 0) is 54.7 Å². The molecule has 1 aliphatic rings. The van der Waals surface area contributed by atoms with Crippen molar-refractivity contribution in [1.82, 2.24) is 0 Å². The lowest BCUT2D eigenvalue weighted by Gasteiger charge is -2.09. The maximum atomic E-state index is 13.7. The van der Waals surface area contributed by atoms with Crippen LogP contribution in [0.1, 0.15) is 23.1 Å². The average molecular weight is 321 g/mol. The summed E-state index contributed by atoms with van der Waals surface area (Å²) >= 11 is 3.25. The van der Waals surface area contributed by atoms with Gasteiger partial charge in [0.05, 0.1) is 0 Å². The molecule has 2 aromatic rings. The maximum Gasteiger partial charge on any atom is 0.130 e. The van der Waals surface area contributed by atoms with Gasteiger partial charge in [-0.3, -0.25) is 0 Å². The second-order valence-corrected chi connectivity index (χ2v) is 5.72. The number of fused-ring (bicyclic) bond motifs is 1. The highest BCUT2D eigenvalue weighted by Crippen LogP contribution is 2.26. The van der Waals surface area contributed by atoms with Crippen molar-refractivity contribution in [2.24, 2.45) is 0 Å². The SMILES string of the molecule is Fc1cc(Br)ccc1COc1ccc2c(c1)CCC2. The summed E-state index contributed by atoms with van der Waals surface area (Å²) in [7, 11) is 0. The number of aryl methyl sites for hydroxylation is 2. The Kier molecular flexibility index (Phi) is 3.56. The van der Waals surface area contributed by atoms with Crippen LogP contribution in [0.4, 0.5) is 4.39 Å². The van der Waals surface area contributed by atoms with Crippen LogP contribution in [0.15, 0.2) is 40.9 Å². The van der Waals surface area contributed by atoms with Crippen molar-refractivity contribution in [2.75, 3.05) is 0 Å². The van der Waals surface area contributed by atoms with Crippen LogP contribution in [0.5, 0.6) is 5.75 Å². The van der Waals surface area contributed by atoms with Crippen molar-refractivity contribution in [1.29, 1.82) is 0 Å². The first-order chi connectivity index (χ1) is 9.22. The smallest absolute Gasteiger partial charge is 0.130 e. The van der Waals surface area contributed by atoms with Crippen LogP contribution >= 0.6 is 15.9 Å². The molecule has 0 radical (unpaired) electrons. The Morgan fingerprint density at radius 3 is 2.74 bits per heavy atom. The fraction of sp³-hybridized carbons (Fsp3) is 0.250. The molecule has 1 aliphatic carbocycles. The number of ether oxygens (including phenoxy) is 1. The normalized spacial score (nSPS) is 13.4. The summed E-state index contributed by atoms with van der Waals surface area (Å²) in [4.78, 5) is 0. The van der Waals surface area contributed by atoms with Gasteiger partial charge in [-0.25, -0.2) is 4.39 Å². The molecule has 0 heterocycles. The highest BCUT2D eigenvalue weighted by Gasteiger charge is 2.11. The van der Waals surface area contributed by atoms with E-state index in [1.165, 1.54) is 23.6 Å². The van der Waals surface area contributed by atoms with Gasteiger partial charge >= 0.3 is 0 Å². The van der Waals surface area contributed by atoms with E-state index in [4.69, 9.17) is 4.74 Å². The van der Waals surface area contributed by atoms with Gasteiger partial charge in [-0.15, -0.1) is 0 Å². The Balaban J connectivity index is 1.72. The number of hydrogen-bond donors (Lipinski definition) is 0. The van der Waals surface area contributed by atoms with E-state index in [1.54, 1.807) is 6.07 Å². The van der Waals surface area contributed by atoms with E-state index in [-0.39, 0.29) is 12.4 Å². The van der Waals surface area contributed by atoms with Crippen LogP contribution in [-0.4, -0.2) is 0 Å². The van der Waals surface area contributed by atoms with E-state index in [0.717, 1.165) is 23.1 Å². The molecule has 0 bridgehead atoms. The summed E-state index contributed by atoms with van der Waals surface area (Å²) in [6.45, 7) is 0.262. The summed E-state index contributed by atoms with van der Waals surface area (Å²) in [5, 5.41) is 0. The van der Waals surface area contributed by atoms with Crippen LogP contribution in [0.2, 0.25) is 0 Å². The molecule has 3 heteroatoms. The van der Waals surface area contributed by atoms with E-state index in [2.05, 4.69) is 28.1 Å². The molecule has 0 N–H and O–H groups in total. The van der Waals surface area contributed by atoms with E-state index < -0.39 is 0 Å². The van der Waals surface area contributed by atoms with Crippen LogP contribution in [0.3, 0.4) is 0 Å². The molecule has 0 spiro atoms. The summed E-state index contributed by atoms with van der Waals surface area (Å²) < 4.78 is 20.1. The fourth-order valence-electron chi connectivity index (χ4n) is 2.44. The molecule has 0 amide bonds. The van der Waals surface area contributed by atoms with Gasteiger partial charge in [0.15, 0.2) is 0 Å². The van der Waals surface area contributed by atoms with Crippen molar-refractivity contribution in [3.8, 4) is 5.75 Å². The van der Waals surface area contributed by atoms with E-state index >= 15 is 0 Å². The molecule has 0 aliphatic heterocycles. The lowest BCUT2D eigenvalue weighted by molar-refractivity contribution is 0.299. The molecule has 98 valence electrons. The second kappa shape index (κ2) is 5.33. The minimum atomic E-state index is -0.240. The topological polar surface area (TPSA) is 9.23 Å². The van der Waals surface area contributed by atoms with Crippen molar-refractivity contribution in [2.45, 2.75) is 25.9 Å². The van der Waals surface area contributed by atoms with Crippen molar-refractivity contribution in [3.63, 3.8) is 0 Å². The molecule has 1 nitrogen and oxygen atoms in total. The second-order valence-electron chi connectivity index (χ2n) is 4.81. The molecule has 3 rings (SSSR count). The highest BCUT2D eigenvalue weighted by atomic mass is 79.9. The maximum absolute atomic E-state index is 13.7. The van der Waals surface area contributed by atoms with Gasteiger partial charge in [0, 0.05) is 10.0 Å². The Bertz CT molecular complexity index is 610. The minimum Gasteiger partial charge on any atom is -0.489 e. The third-order valence-electron chi connectivity index (χ3n) is 3.48. The molecule has 0 unspecified atom stereocenters. The van der Waals surface area contributed by atoms with Gasteiger partial charge in [0.1, 0.15) is 18.2 Å². The molecular formula is C16H14BrFO. The van der Waals surface area contributed by atoms with Gasteiger partial charge in [0.2, 0.25) is 0 Å². The lowest BCUT2D eigenvalue weighted by atomic mass is 10.1. The third kappa shape index (κ3) is 2.81. The third-order valence-corrected chi connectivity index (χ3v) is 3.97. The number of rotatable bonds is 3. The first kappa shape index (κ1) is 12.7. The minimum absolute atomic E-state index is 0.240. The zero-order chi connectivity index (χ0) is 13.2. The van der Waals surface area contributed by atoms with Crippen LogP contribution in [0, 0.1) is 5.82 Å². The molecule has 0 fully saturated rings. The van der Waals surface area contributed by atoms with Crippen LogP contribution < -0.4 is 4.74 Å². The summed E-state index contributed by atoms with van der Waals surface area (Å²) in [6, 6.07) is 11.2. The summed E-state index contributed by atoms with van der Waals surface area (Å²) in [5.74, 6) is 0.582. The average Bonchev–Trinajstić information content (AvgIpc) is 2.85. The molecule has 0 atom stereocenters. The molecule has 2 aromatic carbocycles. The monoisotopic (exact) mass is 320 g/mol. The molecular weight excluding hydrogens is 307 g/mol. The first-order valence-corrected chi connectivity index (χ1v) is 7.20. The Hall–Kier alpha value is -1.35. The zero-order valence-electron chi connectivity index (χ0n) is 10.5. The number of halogens is 2. The number of hydrogen-bond acceptors (Lipinski definition) is 1. The first-order valence-electron chi connectivity index (χ1n) is 6.41. The Morgan fingerprint density at radius 1 is 1.05 bits per heavy atom.